The molecular weight excluding hydrogens is 347 g/mol. The van der Waals surface area contributed by atoms with Crippen LogP contribution in [0.2, 0.25) is 5.02 Å². The fourth-order valence-electron chi connectivity index (χ4n) is 2.26. The van der Waals surface area contributed by atoms with E-state index in [1.807, 2.05) is 18.2 Å². The van der Waals surface area contributed by atoms with Crippen molar-refractivity contribution in [1.82, 2.24) is 20.6 Å². The van der Waals surface area contributed by atoms with Crippen LogP contribution in [0.25, 0.3) is 11.0 Å². The Kier molecular flexibility index (Phi) is 7.42. The fraction of sp³-hybridized carbons (Fsp3) is 0.429. The number of carbonyl (C=O) groups excluding carboxylic acids is 1. The Morgan fingerprint density at radius 2 is 2.18 bits per heavy atom. The van der Waals surface area contributed by atoms with Crippen LogP contribution in [0.4, 0.5) is 0 Å². The highest BCUT2D eigenvalue weighted by Crippen LogP contribution is 2.17. The Bertz CT molecular complexity index is 628. The molecule has 1 amide bonds. The molecule has 2 heterocycles. The number of aryl methyl sites for hydroxylation is 1. The van der Waals surface area contributed by atoms with Gasteiger partial charge < -0.3 is 15.6 Å². The molecular formula is C14H19Cl3N4O. The van der Waals surface area contributed by atoms with Gasteiger partial charge in [0.05, 0.1) is 17.1 Å². The molecule has 8 heteroatoms. The number of nitrogens with one attached hydrogen (secondary N) is 3. The Balaban J connectivity index is 0.00000121. The van der Waals surface area contributed by atoms with E-state index in [0.717, 1.165) is 42.7 Å². The number of imidazole rings is 1. The first-order chi connectivity index (χ1) is 9.72. The molecule has 2 aromatic rings. The molecule has 1 aromatic heterocycles. The molecule has 1 aliphatic heterocycles. The maximum absolute atomic E-state index is 11.6. The lowest BCUT2D eigenvalue weighted by molar-refractivity contribution is -0.124. The first-order valence-corrected chi connectivity index (χ1v) is 7.25. The van der Waals surface area contributed by atoms with Gasteiger partial charge >= 0.3 is 0 Å². The van der Waals surface area contributed by atoms with Crippen molar-refractivity contribution < 1.29 is 4.79 Å². The van der Waals surface area contributed by atoms with Crippen LogP contribution in [0.3, 0.4) is 0 Å². The van der Waals surface area contributed by atoms with E-state index >= 15 is 0 Å². The zero-order valence-corrected chi connectivity index (χ0v) is 14.3. The predicted octanol–water partition coefficient (Wildman–Crippen LogP) is 2.47. The highest BCUT2D eigenvalue weighted by Gasteiger charge is 2.23. The first kappa shape index (κ1) is 19.0. The van der Waals surface area contributed by atoms with Crippen molar-refractivity contribution in [2.24, 2.45) is 0 Å². The molecule has 0 saturated carbocycles. The maximum atomic E-state index is 11.6. The van der Waals surface area contributed by atoms with Gasteiger partial charge in [0.15, 0.2) is 0 Å². The summed E-state index contributed by atoms with van der Waals surface area (Å²) in [5, 5.41) is 6.72. The number of nitrogens with zero attached hydrogens (tertiary/aromatic N) is 1. The number of hydrogen-bond acceptors (Lipinski definition) is 3. The zero-order chi connectivity index (χ0) is 13.9. The van der Waals surface area contributed by atoms with E-state index in [1.54, 1.807) is 0 Å². The second kappa shape index (κ2) is 8.58. The van der Waals surface area contributed by atoms with Gasteiger partial charge in [-0.25, -0.2) is 4.98 Å². The molecule has 5 nitrogen and oxygen atoms in total. The molecule has 0 spiro atoms. The lowest BCUT2D eigenvalue weighted by Gasteiger charge is -2.26. The number of fused-ring (bicyclic) bond motifs is 1. The van der Waals surface area contributed by atoms with Crippen LogP contribution in [0.15, 0.2) is 18.2 Å². The summed E-state index contributed by atoms with van der Waals surface area (Å²) in [7, 11) is 0. The Morgan fingerprint density at radius 3 is 2.86 bits per heavy atom. The molecule has 3 rings (SSSR count). The van der Waals surface area contributed by atoms with Crippen LogP contribution < -0.4 is 10.6 Å². The minimum Gasteiger partial charge on any atom is -0.355 e. The van der Waals surface area contributed by atoms with Gasteiger partial charge in [0, 0.05) is 18.0 Å². The van der Waals surface area contributed by atoms with E-state index in [2.05, 4.69) is 20.6 Å². The van der Waals surface area contributed by atoms with Gasteiger partial charge in [-0.1, -0.05) is 11.6 Å². The van der Waals surface area contributed by atoms with Crippen molar-refractivity contribution in [2.45, 2.75) is 25.3 Å². The van der Waals surface area contributed by atoms with E-state index in [-0.39, 0.29) is 36.8 Å². The first-order valence-electron chi connectivity index (χ1n) is 6.87. The quantitative estimate of drug-likeness (QED) is 0.713. The van der Waals surface area contributed by atoms with Gasteiger partial charge in [0.1, 0.15) is 5.82 Å². The third-order valence-corrected chi connectivity index (χ3v) is 3.76. The molecule has 1 unspecified atom stereocenters. The number of aromatic nitrogens is 2. The van der Waals surface area contributed by atoms with Crippen molar-refractivity contribution in [1.29, 1.82) is 0 Å². The lowest BCUT2D eigenvalue weighted by atomic mass is 10.1. The second-order valence-corrected chi connectivity index (χ2v) is 5.47. The molecule has 1 aliphatic rings. The number of carbonyl (C=O) groups is 1. The third-order valence-electron chi connectivity index (χ3n) is 3.52. The van der Waals surface area contributed by atoms with Crippen molar-refractivity contribution in [3.05, 3.63) is 29.0 Å². The molecule has 1 aromatic carbocycles. The van der Waals surface area contributed by atoms with Crippen LogP contribution >= 0.6 is 36.4 Å². The largest absolute Gasteiger partial charge is 0.355 e. The maximum Gasteiger partial charge on any atom is 0.237 e. The van der Waals surface area contributed by atoms with Gasteiger partial charge in [-0.3, -0.25) is 4.79 Å². The smallest absolute Gasteiger partial charge is 0.237 e. The number of hydrogen-bond donors (Lipinski definition) is 3. The summed E-state index contributed by atoms with van der Waals surface area (Å²) in [6, 6.07) is 5.63. The molecule has 122 valence electrons. The van der Waals surface area contributed by atoms with Gasteiger partial charge in [-0.15, -0.1) is 24.8 Å². The predicted molar refractivity (Wildman–Crippen MR) is 93.3 cm³/mol. The van der Waals surface area contributed by atoms with Crippen LogP contribution in [0, 0.1) is 0 Å². The average Bonchev–Trinajstić information content (AvgIpc) is 2.74. The molecule has 0 bridgehead atoms. The number of aromatic amines is 1. The van der Waals surface area contributed by atoms with Crippen LogP contribution in [0.5, 0.6) is 0 Å². The number of benzene rings is 1. The Morgan fingerprint density at radius 1 is 1.41 bits per heavy atom. The summed E-state index contributed by atoms with van der Waals surface area (Å²) in [5.74, 6) is 1.03. The van der Waals surface area contributed by atoms with E-state index in [9.17, 15) is 4.79 Å². The Hall–Kier alpha value is -1.01. The van der Waals surface area contributed by atoms with Gasteiger partial charge in [0.25, 0.3) is 0 Å². The molecule has 0 radical (unpaired) electrons. The van der Waals surface area contributed by atoms with Crippen molar-refractivity contribution in [3.63, 3.8) is 0 Å². The molecule has 1 atom stereocenters. The van der Waals surface area contributed by atoms with Gasteiger partial charge in [-0.2, -0.15) is 0 Å². The number of amides is 1. The molecule has 1 fully saturated rings. The van der Waals surface area contributed by atoms with Gasteiger partial charge in [-0.05, 0) is 37.6 Å². The topological polar surface area (TPSA) is 69.8 Å². The summed E-state index contributed by atoms with van der Waals surface area (Å²) in [5.41, 5.74) is 1.88. The second-order valence-electron chi connectivity index (χ2n) is 5.03. The summed E-state index contributed by atoms with van der Waals surface area (Å²) in [6.45, 7) is 1.62. The summed E-state index contributed by atoms with van der Waals surface area (Å²) in [6.07, 6.45) is 2.62. The summed E-state index contributed by atoms with van der Waals surface area (Å²) < 4.78 is 0. The minimum atomic E-state index is 0. The van der Waals surface area contributed by atoms with Gasteiger partial charge in [0.2, 0.25) is 5.91 Å². The van der Waals surface area contributed by atoms with Crippen molar-refractivity contribution >= 4 is 53.4 Å². The monoisotopic (exact) mass is 364 g/mol. The SMILES string of the molecule is Cl.Cl.O=C(NCCCc1nc2ccc(Cl)cc2[nH]1)C1CCN1. The third kappa shape index (κ3) is 4.49. The van der Waals surface area contributed by atoms with E-state index in [1.165, 1.54) is 0 Å². The van der Waals surface area contributed by atoms with E-state index in [4.69, 9.17) is 11.6 Å². The van der Waals surface area contributed by atoms with Crippen LogP contribution in [-0.4, -0.2) is 35.0 Å². The highest BCUT2D eigenvalue weighted by atomic mass is 35.5. The highest BCUT2D eigenvalue weighted by molar-refractivity contribution is 6.31. The summed E-state index contributed by atoms with van der Waals surface area (Å²) in [4.78, 5) is 19.3. The minimum absolute atomic E-state index is 0. The molecule has 22 heavy (non-hydrogen) atoms. The Labute approximate surface area is 146 Å². The van der Waals surface area contributed by atoms with E-state index < -0.39 is 0 Å². The normalized spacial score (nSPS) is 16.3. The lowest BCUT2D eigenvalue weighted by Crippen LogP contribution is -2.53. The van der Waals surface area contributed by atoms with Crippen molar-refractivity contribution in [2.75, 3.05) is 13.1 Å². The number of rotatable bonds is 5. The summed E-state index contributed by atoms with van der Waals surface area (Å²) >= 11 is 5.94. The molecule has 1 saturated heterocycles. The number of H-pyrrole nitrogens is 1. The van der Waals surface area contributed by atoms with E-state index in [0.29, 0.717) is 11.6 Å². The van der Waals surface area contributed by atoms with Crippen molar-refractivity contribution in [3.8, 4) is 0 Å². The molecule has 3 N–H and O–H groups in total. The molecule has 0 aliphatic carbocycles. The van der Waals surface area contributed by atoms with Crippen LogP contribution in [-0.2, 0) is 11.2 Å². The fourth-order valence-corrected chi connectivity index (χ4v) is 2.43. The average molecular weight is 366 g/mol. The number of halogens is 3. The van der Waals surface area contributed by atoms with Crippen LogP contribution in [0.1, 0.15) is 18.7 Å². The zero-order valence-electron chi connectivity index (χ0n) is 11.9. The standard InChI is InChI=1S/C14H17ClN4O.2ClH/c15-9-3-4-10-12(8-9)19-13(18-10)2-1-6-17-14(20)11-5-7-16-11;;/h3-4,8,11,16H,1-2,5-7H2,(H,17,20)(H,18,19);2*1H.